The molecule has 0 saturated carbocycles. The second-order valence-corrected chi connectivity index (χ2v) is 1.73. The number of thiol groups is 1. The first-order chi connectivity index (χ1) is 1.91. The first-order valence-corrected chi connectivity index (χ1v) is 2.95. The van der Waals surface area contributed by atoms with Crippen LogP contribution in [0.15, 0.2) is 0 Å². The fourth-order valence-corrected chi connectivity index (χ4v) is 0. The van der Waals surface area contributed by atoms with Crippen molar-refractivity contribution in [2.75, 3.05) is 5.75 Å². The van der Waals surface area contributed by atoms with E-state index in [0.717, 1.165) is 5.75 Å². The second-order valence-electron chi connectivity index (χ2n) is 0.577. The van der Waals surface area contributed by atoms with Gasteiger partial charge in [-0.25, -0.2) is 0 Å². The molecule has 1 radical (unpaired) electrons. The SMILES string of the molecule is [SiH2]CCS. The second kappa shape index (κ2) is 3.57. The molecule has 25 valence electrons. The molecule has 0 amide bonds. The van der Waals surface area contributed by atoms with Gasteiger partial charge in [0, 0.05) is 10.2 Å². The molecule has 0 nitrogen and oxygen atoms in total. The Morgan fingerprint density at radius 1 is 1.75 bits per heavy atom. The number of rotatable bonds is 1. The first kappa shape index (κ1) is 4.57. The van der Waals surface area contributed by atoms with Crippen molar-refractivity contribution >= 4 is 22.9 Å². The van der Waals surface area contributed by atoms with Gasteiger partial charge in [0.05, 0.1) is 0 Å². The minimum Gasteiger partial charge on any atom is -0.180 e. The topological polar surface area (TPSA) is 0 Å². The average Bonchev–Trinajstić information content (AvgIpc) is 1.37. The molecule has 0 saturated heterocycles. The van der Waals surface area contributed by atoms with Gasteiger partial charge >= 0.3 is 0 Å². The van der Waals surface area contributed by atoms with E-state index in [9.17, 15) is 0 Å². The first-order valence-electron chi connectivity index (χ1n) is 1.32. The summed E-state index contributed by atoms with van der Waals surface area (Å²) in [4.78, 5) is 0. The molecule has 2 heteroatoms. The Balaban J connectivity index is 1.97. The monoisotopic (exact) mass is 91.0 g/mol. The molecule has 0 fully saturated rings. The summed E-state index contributed by atoms with van der Waals surface area (Å²) >= 11 is 3.93. The van der Waals surface area contributed by atoms with Crippen LogP contribution in [0.3, 0.4) is 0 Å². The zero-order valence-corrected chi connectivity index (χ0v) is 4.88. The molecule has 4 heavy (non-hydrogen) atoms. The lowest BCUT2D eigenvalue weighted by atomic mass is 11.0. The van der Waals surface area contributed by atoms with E-state index < -0.39 is 0 Å². The largest absolute Gasteiger partial charge is 0.180 e. The summed E-state index contributed by atoms with van der Waals surface area (Å²) in [6, 6.07) is 1.21. The van der Waals surface area contributed by atoms with Crippen molar-refractivity contribution < 1.29 is 0 Å². The van der Waals surface area contributed by atoms with Gasteiger partial charge < -0.3 is 0 Å². The number of hydrogen-bond donors (Lipinski definition) is 1. The third-order valence-corrected chi connectivity index (χ3v) is 1.42. The molecule has 0 aromatic heterocycles. The highest BCUT2D eigenvalue weighted by atomic mass is 32.1. The quantitative estimate of drug-likeness (QED) is 0.340. The summed E-state index contributed by atoms with van der Waals surface area (Å²) in [5, 5.41) is 0. The van der Waals surface area contributed by atoms with Gasteiger partial charge in [0.1, 0.15) is 0 Å². The third-order valence-electron chi connectivity index (χ3n) is 0.158. The van der Waals surface area contributed by atoms with E-state index in [1.807, 2.05) is 10.2 Å². The summed E-state index contributed by atoms with van der Waals surface area (Å²) in [5.74, 6) is 1.03. The van der Waals surface area contributed by atoms with Crippen LogP contribution in [0, 0.1) is 0 Å². The Bertz CT molecular complexity index is 8.00. The molecule has 0 aliphatic rings. The van der Waals surface area contributed by atoms with Crippen LogP contribution >= 0.6 is 12.6 Å². The van der Waals surface area contributed by atoms with Crippen molar-refractivity contribution in [3.8, 4) is 0 Å². The van der Waals surface area contributed by atoms with Crippen LogP contribution < -0.4 is 0 Å². The van der Waals surface area contributed by atoms with Crippen LogP contribution in [0.1, 0.15) is 0 Å². The van der Waals surface area contributed by atoms with E-state index in [-0.39, 0.29) is 0 Å². The van der Waals surface area contributed by atoms with Gasteiger partial charge in [-0.2, -0.15) is 12.6 Å². The van der Waals surface area contributed by atoms with Gasteiger partial charge in [-0.1, -0.05) is 6.04 Å². The standard InChI is InChI=1S/C2H7SSi/c3-1-2-4/h3H,1-2,4H2. The molecule has 0 N–H and O–H groups in total. The maximum Gasteiger partial charge on any atom is 0.00903 e. The Morgan fingerprint density at radius 3 is 2.00 bits per heavy atom. The van der Waals surface area contributed by atoms with Crippen LogP contribution in [0.5, 0.6) is 0 Å². The molecular formula is C2H7SSi. The summed E-state index contributed by atoms with van der Waals surface area (Å²) < 4.78 is 0. The van der Waals surface area contributed by atoms with E-state index in [1.54, 1.807) is 0 Å². The molecule has 0 aliphatic carbocycles. The summed E-state index contributed by atoms with van der Waals surface area (Å²) in [6.45, 7) is 0. The highest BCUT2D eigenvalue weighted by Crippen LogP contribution is 1.71. The molecule has 0 heterocycles. The molecular weight excluding hydrogens is 84.2 g/mol. The zero-order valence-electron chi connectivity index (χ0n) is 2.57. The Hall–Kier alpha value is 0.567. The lowest BCUT2D eigenvalue weighted by Crippen LogP contribution is -1.62. The van der Waals surface area contributed by atoms with Crippen LogP contribution in [0.4, 0.5) is 0 Å². The van der Waals surface area contributed by atoms with Crippen molar-refractivity contribution in [1.82, 2.24) is 0 Å². The molecule has 0 aromatic rings. The molecule has 0 aliphatic heterocycles. The number of hydrogen-bond acceptors (Lipinski definition) is 1. The molecule has 0 atom stereocenters. The van der Waals surface area contributed by atoms with Crippen LogP contribution in [0.2, 0.25) is 6.04 Å². The van der Waals surface area contributed by atoms with Gasteiger partial charge in [0.15, 0.2) is 0 Å². The molecule has 0 spiro atoms. The predicted molar refractivity (Wildman–Crippen MR) is 27.2 cm³/mol. The maximum atomic E-state index is 3.93. The van der Waals surface area contributed by atoms with E-state index in [4.69, 9.17) is 0 Å². The maximum absolute atomic E-state index is 3.93. The smallest absolute Gasteiger partial charge is 0.00903 e. The van der Waals surface area contributed by atoms with E-state index in [2.05, 4.69) is 12.6 Å². The van der Waals surface area contributed by atoms with Crippen molar-refractivity contribution in [3.63, 3.8) is 0 Å². The van der Waals surface area contributed by atoms with Gasteiger partial charge in [-0.3, -0.25) is 0 Å². The van der Waals surface area contributed by atoms with Crippen LogP contribution in [0.25, 0.3) is 0 Å². The van der Waals surface area contributed by atoms with Crippen LogP contribution in [-0.4, -0.2) is 16.0 Å². The minimum absolute atomic E-state index is 1.03. The third kappa shape index (κ3) is 2.57. The summed E-state index contributed by atoms with van der Waals surface area (Å²) in [5.41, 5.74) is 0. The fourth-order valence-electron chi connectivity index (χ4n) is 0. The zero-order chi connectivity index (χ0) is 3.41. The Labute approximate surface area is 35.4 Å². The Kier molecular flexibility index (Phi) is 4.07. The molecule has 0 aromatic carbocycles. The van der Waals surface area contributed by atoms with E-state index in [0.29, 0.717) is 0 Å². The minimum atomic E-state index is 1.03. The lowest BCUT2D eigenvalue weighted by molar-refractivity contribution is 1.52. The average molecular weight is 91.2 g/mol. The normalized spacial score (nSPS) is 7.50. The van der Waals surface area contributed by atoms with Gasteiger partial charge in [-0.05, 0) is 5.75 Å². The van der Waals surface area contributed by atoms with Gasteiger partial charge in [0.2, 0.25) is 0 Å². The van der Waals surface area contributed by atoms with Gasteiger partial charge in [0.25, 0.3) is 0 Å². The van der Waals surface area contributed by atoms with Crippen molar-refractivity contribution in [3.05, 3.63) is 0 Å². The predicted octanol–water partition coefficient (Wildman–Crippen LogP) is -0.0324. The van der Waals surface area contributed by atoms with Crippen LogP contribution in [-0.2, 0) is 0 Å². The summed E-state index contributed by atoms with van der Waals surface area (Å²) in [7, 11) is 1.95. The highest BCUT2D eigenvalue weighted by molar-refractivity contribution is 7.80. The van der Waals surface area contributed by atoms with E-state index in [1.165, 1.54) is 6.04 Å². The lowest BCUT2D eigenvalue weighted by Gasteiger charge is -1.67. The van der Waals surface area contributed by atoms with Crippen molar-refractivity contribution in [2.45, 2.75) is 6.04 Å². The van der Waals surface area contributed by atoms with Crippen molar-refractivity contribution in [1.29, 1.82) is 0 Å². The Morgan fingerprint density at radius 2 is 2.00 bits per heavy atom. The molecule has 0 bridgehead atoms. The van der Waals surface area contributed by atoms with E-state index >= 15 is 0 Å². The summed E-state index contributed by atoms with van der Waals surface area (Å²) in [6.07, 6.45) is 0. The van der Waals surface area contributed by atoms with Crippen molar-refractivity contribution in [2.24, 2.45) is 0 Å². The molecule has 0 unspecified atom stereocenters. The fraction of sp³-hybridized carbons (Fsp3) is 1.00. The molecule has 0 rings (SSSR count). The highest BCUT2D eigenvalue weighted by Gasteiger charge is 1.57. The van der Waals surface area contributed by atoms with Gasteiger partial charge in [-0.15, -0.1) is 0 Å².